The largest absolute Gasteiger partial charge is 0.468 e. The molecule has 0 fully saturated rings. The molecule has 0 heterocycles. The van der Waals surface area contributed by atoms with Crippen LogP contribution in [0.4, 0.5) is 4.39 Å². The highest BCUT2D eigenvalue weighted by molar-refractivity contribution is 5.96. The van der Waals surface area contributed by atoms with Crippen molar-refractivity contribution in [2.24, 2.45) is 0 Å². The second-order valence-electron chi connectivity index (χ2n) is 3.38. The molecule has 17 heavy (non-hydrogen) atoms. The van der Waals surface area contributed by atoms with Crippen LogP contribution in [0.3, 0.4) is 0 Å². The number of methoxy groups -OCH3 is 1. The van der Waals surface area contributed by atoms with Gasteiger partial charge in [0, 0.05) is 6.54 Å². The van der Waals surface area contributed by atoms with Crippen molar-refractivity contribution < 1.29 is 18.7 Å². The fourth-order valence-electron chi connectivity index (χ4n) is 1.35. The van der Waals surface area contributed by atoms with Gasteiger partial charge in [0.15, 0.2) is 0 Å². The molecule has 0 aromatic heterocycles. The first-order valence-electron chi connectivity index (χ1n) is 5.20. The van der Waals surface area contributed by atoms with E-state index in [2.05, 4.69) is 4.74 Å². The van der Waals surface area contributed by atoms with Gasteiger partial charge < -0.3 is 9.64 Å². The van der Waals surface area contributed by atoms with Gasteiger partial charge in [0.05, 0.1) is 12.7 Å². The molecule has 0 aliphatic heterocycles. The molecule has 0 aliphatic rings. The number of benzene rings is 1. The normalized spacial score (nSPS) is 9.82. The number of hydrogen-bond acceptors (Lipinski definition) is 3. The van der Waals surface area contributed by atoms with E-state index in [9.17, 15) is 14.0 Å². The zero-order valence-electron chi connectivity index (χ0n) is 9.77. The summed E-state index contributed by atoms with van der Waals surface area (Å²) < 4.78 is 17.9. The molecule has 0 unspecified atom stereocenters. The predicted octanol–water partition coefficient (Wildman–Crippen LogP) is 1.46. The summed E-state index contributed by atoms with van der Waals surface area (Å²) in [6.07, 6.45) is 0. The van der Waals surface area contributed by atoms with Gasteiger partial charge in [-0.2, -0.15) is 0 Å². The zero-order valence-corrected chi connectivity index (χ0v) is 9.77. The van der Waals surface area contributed by atoms with E-state index in [4.69, 9.17) is 0 Å². The minimum Gasteiger partial charge on any atom is -0.468 e. The van der Waals surface area contributed by atoms with Crippen LogP contribution < -0.4 is 0 Å². The Morgan fingerprint density at radius 3 is 2.53 bits per heavy atom. The summed E-state index contributed by atoms with van der Waals surface area (Å²) in [6, 6.07) is 5.67. The maximum atomic E-state index is 13.4. The third kappa shape index (κ3) is 3.27. The van der Waals surface area contributed by atoms with Gasteiger partial charge in [-0.1, -0.05) is 12.1 Å². The van der Waals surface area contributed by atoms with Crippen molar-refractivity contribution in [3.05, 3.63) is 35.6 Å². The van der Waals surface area contributed by atoms with Crippen molar-refractivity contribution in [3.63, 3.8) is 0 Å². The third-order valence-corrected chi connectivity index (χ3v) is 2.32. The quantitative estimate of drug-likeness (QED) is 0.747. The summed E-state index contributed by atoms with van der Waals surface area (Å²) in [5.41, 5.74) is -0.0433. The molecule has 0 N–H and O–H groups in total. The van der Waals surface area contributed by atoms with Crippen molar-refractivity contribution in [1.82, 2.24) is 4.90 Å². The number of carbonyl (C=O) groups excluding carboxylic acids is 2. The van der Waals surface area contributed by atoms with Gasteiger partial charge in [-0.05, 0) is 19.1 Å². The molecule has 4 nitrogen and oxygen atoms in total. The molecule has 92 valence electrons. The second kappa shape index (κ2) is 5.98. The molecule has 0 saturated carbocycles. The number of amides is 1. The number of halogens is 1. The number of rotatable bonds is 4. The molecule has 0 atom stereocenters. The van der Waals surface area contributed by atoms with E-state index in [-0.39, 0.29) is 12.1 Å². The highest BCUT2D eigenvalue weighted by Gasteiger charge is 2.19. The van der Waals surface area contributed by atoms with Gasteiger partial charge in [0.1, 0.15) is 12.4 Å². The van der Waals surface area contributed by atoms with Crippen LogP contribution in [0, 0.1) is 5.82 Å². The highest BCUT2D eigenvalue weighted by Crippen LogP contribution is 2.09. The van der Waals surface area contributed by atoms with E-state index in [1.165, 1.54) is 30.2 Å². The average molecular weight is 239 g/mol. The summed E-state index contributed by atoms with van der Waals surface area (Å²) in [5.74, 6) is -1.65. The van der Waals surface area contributed by atoms with Crippen LogP contribution in [-0.4, -0.2) is 37.0 Å². The Kier molecular flexibility index (Phi) is 4.63. The predicted molar refractivity (Wildman–Crippen MR) is 60.0 cm³/mol. The Morgan fingerprint density at radius 2 is 2.00 bits per heavy atom. The Morgan fingerprint density at radius 1 is 1.35 bits per heavy atom. The molecule has 0 saturated heterocycles. The summed E-state index contributed by atoms with van der Waals surface area (Å²) in [7, 11) is 1.24. The Balaban J connectivity index is 2.87. The first kappa shape index (κ1) is 13.2. The number of hydrogen-bond donors (Lipinski definition) is 0. The highest BCUT2D eigenvalue weighted by atomic mass is 19.1. The standard InChI is InChI=1S/C12H14FNO3/c1-3-14(8-11(15)17-2)12(16)9-6-4-5-7-10(9)13/h4-7H,3,8H2,1-2H3. The number of nitrogens with zero attached hydrogens (tertiary/aromatic N) is 1. The molecule has 1 aromatic rings. The summed E-state index contributed by atoms with van der Waals surface area (Å²) >= 11 is 0. The lowest BCUT2D eigenvalue weighted by atomic mass is 10.2. The summed E-state index contributed by atoms with van der Waals surface area (Å²) in [4.78, 5) is 24.2. The summed E-state index contributed by atoms with van der Waals surface area (Å²) in [6.45, 7) is 1.84. The lowest BCUT2D eigenvalue weighted by Gasteiger charge is -2.19. The SMILES string of the molecule is CCN(CC(=O)OC)C(=O)c1ccccc1F. The van der Waals surface area contributed by atoms with Crippen LogP contribution in [-0.2, 0) is 9.53 Å². The number of ether oxygens (including phenoxy) is 1. The zero-order chi connectivity index (χ0) is 12.8. The van der Waals surface area contributed by atoms with Gasteiger partial charge in [0.25, 0.3) is 5.91 Å². The van der Waals surface area contributed by atoms with Gasteiger partial charge in [-0.15, -0.1) is 0 Å². The second-order valence-corrected chi connectivity index (χ2v) is 3.38. The fraction of sp³-hybridized carbons (Fsp3) is 0.333. The van der Waals surface area contributed by atoms with Gasteiger partial charge in [0.2, 0.25) is 0 Å². The first-order valence-corrected chi connectivity index (χ1v) is 5.20. The lowest BCUT2D eigenvalue weighted by Crippen LogP contribution is -2.36. The van der Waals surface area contributed by atoms with E-state index in [1.807, 2.05) is 0 Å². The Labute approximate surface area is 99.0 Å². The van der Waals surface area contributed by atoms with Crippen molar-refractivity contribution in [2.75, 3.05) is 20.2 Å². The monoisotopic (exact) mass is 239 g/mol. The molecule has 0 radical (unpaired) electrons. The molecular formula is C12H14FNO3. The van der Waals surface area contributed by atoms with Crippen molar-refractivity contribution >= 4 is 11.9 Å². The van der Waals surface area contributed by atoms with Gasteiger partial charge in [-0.3, -0.25) is 9.59 Å². The minimum atomic E-state index is -0.596. The maximum Gasteiger partial charge on any atom is 0.325 e. The third-order valence-electron chi connectivity index (χ3n) is 2.32. The summed E-state index contributed by atoms with van der Waals surface area (Å²) in [5, 5.41) is 0. The average Bonchev–Trinajstić information content (AvgIpc) is 2.35. The topological polar surface area (TPSA) is 46.6 Å². The molecule has 1 rings (SSSR count). The molecule has 1 aromatic carbocycles. The van der Waals surface area contributed by atoms with Gasteiger partial charge >= 0.3 is 5.97 Å². The van der Waals surface area contributed by atoms with E-state index >= 15 is 0 Å². The fourth-order valence-corrected chi connectivity index (χ4v) is 1.35. The van der Waals surface area contributed by atoms with E-state index in [1.54, 1.807) is 13.0 Å². The first-order chi connectivity index (χ1) is 8.10. The smallest absolute Gasteiger partial charge is 0.325 e. The molecular weight excluding hydrogens is 225 g/mol. The van der Waals surface area contributed by atoms with E-state index < -0.39 is 17.7 Å². The maximum absolute atomic E-state index is 13.4. The van der Waals surface area contributed by atoms with Crippen LogP contribution in [0.25, 0.3) is 0 Å². The van der Waals surface area contributed by atoms with Crippen LogP contribution in [0.15, 0.2) is 24.3 Å². The van der Waals surface area contributed by atoms with Crippen LogP contribution in [0.2, 0.25) is 0 Å². The van der Waals surface area contributed by atoms with E-state index in [0.29, 0.717) is 6.54 Å². The van der Waals surface area contributed by atoms with E-state index in [0.717, 1.165) is 0 Å². The van der Waals surface area contributed by atoms with Crippen molar-refractivity contribution in [1.29, 1.82) is 0 Å². The number of likely N-dealkylation sites (N-methyl/N-ethyl adjacent to an activating group) is 1. The molecule has 0 aliphatic carbocycles. The van der Waals surface area contributed by atoms with Crippen molar-refractivity contribution in [3.8, 4) is 0 Å². The number of carbonyl (C=O) groups is 2. The Hall–Kier alpha value is -1.91. The van der Waals surface area contributed by atoms with Crippen LogP contribution >= 0.6 is 0 Å². The molecule has 0 spiro atoms. The van der Waals surface area contributed by atoms with Gasteiger partial charge in [-0.25, -0.2) is 4.39 Å². The molecule has 5 heteroatoms. The minimum absolute atomic E-state index is 0.0433. The number of esters is 1. The lowest BCUT2D eigenvalue weighted by molar-refractivity contribution is -0.141. The Bertz CT molecular complexity index is 420. The van der Waals surface area contributed by atoms with Crippen LogP contribution in [0.5, 0.6) is 0 Å². The van der Waals surface area contributed by atoms with Crippen LogP contribution in [0.1, 0.15) is 17.3 Å². The molecule has 1 amide bonds. The van der Waals surface area contributed by atoms with Crippen molar-refractivity contribution in [2.45, 2.75) is 6.92 Å². The molecule has 0 bridgehead atoms.